The van der Waals surface area contributed by atoms with Gasteiger partial charge in [-0.25, -0.2) is 0 Å². The van der Waals surface area contributed by atoms with Gasteiger partial charge in [-0.2, -0.15) is 13.2 Å². The Morgan fingerprint density at radius 1 is 1.44 bits per heavy atom. The maximum absolute atomic E-state index is 11.7. The molecular weight excluding hydrogens is 225 g/mol. The Bertz CT molecular complexity index is 219. The van der Waals surface area contributed by atoms with Gasteiger partial charge in [0, 0.05) is 12.6 Å². The molecule has 0 spiro atoms. The number of primary amides is 1. The zero-order valence-corrected chi connectivity index (χ0v) is 9.30. The molecule has 4 nitrogen and oxygen atoms in total. The number of nitrogens with two attached hydrogens (primary N) is 1. The lowest BCUT2D eigenvalue weighted by atomic mass is 10.2. The summed E-state index contributed by atoms with van der Waals surface area (Å²) in [5.41, 5.74) is 5.07. The lowest BCUT2D eigenvalue weighted by Gasteiger charge is -2.18. The van der Waals surface area contributed by atoms with E-state index in [1.165, 1.54) is 0 Å². The van der Waals surface area contributed by atoms with E-state index in [2.05, 4.69) is 10.1 Å². The van der Waals surface area contributed by atoms with Gasteiger partial charge in [-0.05, 0) is 6.42 Å². The highest BCUT2D eigenvalue weighted by molar-refractivity contribution is 5.79. The largest absolute Gasteiger partial charge is 0.411 e. The monoisotopic (exact) mass is 242 g/mol. The van der Waals surface area contributed by atoms with E-state index >= 15 is 0 Å². The van der Waals surface area contributed by atoms with Crippen LogP contribution in [-0.2, 0) is 9.53 Å². The SMILES string of the molecule is CC(C)NC(CCOCC(F)(F)F)C(N)=O. The summed E-state index contributed by atoms with van der Waals surface area (Å²) in [6.45, 7) is 2.16. The Morgan fingerprint density at radius 2 is 2.00 bits per heavy atom. The first-order valence-corrected chi connectivity index (χ1v) is 4.92. The molecule has 96 valence electrons. The Kier molecular flexibility index (Phi) is 6.35. The van der Waals surface area contributed by atoms with Crippen molar-refractivity contribution in [1.29, 1.82) is 0 Å². The Morgan fingerprint density at radius 3 is 2.38 bits per heavy atom. The van der Waals surface area contributed by atoms with Crippen LogP contribution in [0.2, 0.25) is 0 Å². The third-order valence-corrected chi connectivity index (χ3v) is 1.69. The van der Waals surface area contributed by atoms with Crippen molar-refractivity contribution in [3.8, 4) is 0 Å². The van der Waals surface area contributed by atoms with Crippen LogP contribution in [-0.4, -0.2) is 37.4 Å². The van der Waals surface area contributed by atoms with Crippen molar-refractivity contribution in [2.24, 2.45) is 5.73 Å². The topological polar surface area (TPSA) is 64.3 Å². The average molecular weight is 242 g/mol. The molecule has 0 rings (SSSR count). The van der Waals surface area contributed by atoms with Crippen molar-refractivity contribution in [3.63, 3.8) is 0 Å². The van der Waals surface area contributed by atoms with E-state index in [1.54, 1.807) is 0 Å². The summed E-state index contributed by atoms with van der Waals surface area (Å²) in [4.78, 5) is 10.9. The first kappa shape index (κ1) is 15.2. The Balaban J connectivity index is 3.82. The van der Waals surface area contributed by atoms with Gasteiger partial charge in [0.2, 0.25) is 5.91 Å². The standard InChI is InChI=1S/C9H17F3N2O2/c1-6(2)14-7(8(13)15)3-4-16-5-9(10,11)12/h6-7,14H,3-5H2,1-2H3,(H2,13,15). The van der Waals surface area contributed by atoms with E-state index in [4.69, 9.17) is 5.73 Å². The zero-order valence-electron chi connectivity index (χ0n) is 9.30. The number of alkyl halides is 3. The second-order valence-electron chi connectivity index (χ2n) is 3.73. The van der Waals surface area contributed by atoms with E-state index in [1.807, 2.05) is 13.8 Å². The molecule has 7 heteroatoms. The van der Waals surface area contributed by atoms with Crippen LogP contribution in [0.15, 0.2) is 0 Å². The van der Waals surface area contributed by atoms with Crippen LogP contribution >= 0.6 is 0 Å². The molecule has 1 amide bonds. The van der Waals surface area contributed by atoms with Gasteiger partial charge in [0.1, 0.15) is 6.61 Å². The first-order chi connectivity index (χ1) is 7.22. The van der Waals surface area contributed by atoms with Gasteiger partial charge in [-0.3, -0.25) is 4.79 Å². The fraction of sp³-hybridized carbons (Fsp3) is 0.889. The van der Waals surface area contributed by atoms with E-state index in [-0.39, 0.29) is 19.1 Å². The molecule has 1 unspecified atom stereocenters. The van der Waals surface area contributed by atoms with Gasteiger partial charge in [-0.1, -0.05) is 13.8 Å². The highest BCUT2D eigenvalue weighted by Crippen LogP contribution is 2.14. The van der Waals surface area contributed by atoms with E-state index in [0.717, 1.165) is 0 Å². The molecule has 0 aliphatic carbocycles. The second kappa shape index (κ2) is 6.70. The van der Waals surface area contributed by atoms with Crippen LogP contribution in [0.5, 0.6) is 0 Å². The molecule has 0 aromatic heterocycles. The number of nitrogens with one attached hydrogen (secondary N) is 1. The molecule has 0 heterocycles. The zero-order chi connectivity index (χ0) is 12.8. The third-order valence-electron chi connectivity index (χ3n) is 1.69. The van der Waals surface area contributed by atoms with E-state index < -0.39 is 24.7 Å². The van der Waals surface area contributed by atoms with Crippen molar-refractivity contribution >= 4 is 5.91 Å². The third kappa shape index (κ3) is 8.49. The van der Waals surface area contributed by atoms with Crippen molar-refractivity contribution in [2.45, 2.75) is 38.5 Å². The van der Waals surface area contributed by atoms with Gasteiger partial charge in [0.05, 0.1) is 6.04 Å². The fourth-order valence-corrected chi connectivity index (χ4v) is 1.10. The summed E-state index contributed by atoms with van der Waals surface area (Å²) in [5.74, 6) is -0.593. The average Bonchev–Trinajstić information content (AvgIpc) is 2.07. The number of rotatable bonds is 7. The van der Waals surface area contributed by atoms with Crippen molar-refractivity contribution in [3.05, 3.63) is 0 Å². The molecule has 0 saturated heterocycles. The predicted octanol–water partition coefficient (Wildman–Crippen LogP) is 0.807. The maximum Gasteiger partial charge on any atom is 0.411 e. The molecular formula is C9H17F3N2O2. The Hall–Kier alpha value is -0.820. The normalized spacial score (nSPS) is 14.1. The number of ether oxygens (including phenoxy) is 1. The lowest BCUT2D eigenvalue weighted by Crippen LogP contribution is -2.45. The molecule has 0 radical (unpaired) electrons. The van der Waals surface area contributed by atoms with Gasteiger partial charge in [0.25, 0.3) is 0 Å². The van der Waals surface area contributed by atoms with Crippen LogP contribution in [0, 0.1) is 0 Å². The minimum Gasteiger partial charge on any atom is -0.372 e. The summed E-state index contributed by atoms with van der Waals surface area (Å²) in [6.07, 6.45) is -4.21. The van der Waals surface area contributed by atoms with Crippen LogP contribution in [0.4, 0.5) is 13.2 Å². The smallest absolute Gasteiger partial charge is 0.372 e. The molecule has 3 N–H and O–H groups in total. The summed E-state index contributed by atoms with van der Waals surface area (Å²) in [5, 5.41) is 2.84. The number of halogens is 3. The predicted molar refractivity (Wildman–Crippen MR) is 52.7 cm³/mol. The number of carbonyl (C=O) groups is 1. The number of hydrogen-bond donors (Lipinski definition) is 2. The minimum atomic E-state index is -4.34. The minimum absolute atomic E-state index is 0.0279. The van der Waals surface area contributed by atoms with E-state index in [9.17, 15) is 18.0 Å². The molecule has 1 atom stereocenters. The molecule has 0 aliphatic rings. The van der Waals surface area contributed by atoms with Crippen molar-refractivity contribution in [2.75, 3.05) is 13.2 Å². The molecule has 16 heavy (non-hydrogen) atoms. The van der Waals surface area contributed by atoms with Crippen LogP contribution in [0.25, 0.3) is 0 Å². The summed E-state index contributed by atoms with van der Waals surface area (Å²) >= 11 is 0. The van der Waals surface area contributed by atoms with Crippen molar-refractivity contribution < 1.29 is 22.7 Å². The van der Waals surface area contributed by atoms with Crippen LogP contribution in [0.1, 0.15) is 20.3 Å². The second-order valence-corrected chi connectivity index (χ2v) is 3.73. The summed E-state index contributed by atoms with van der Waals surface area (Å²) in [6, 6.07) is -0.631. The van der Waals surface area contributed by atoms with E-state index in [0.29, 0.717) is 0 Å². The molecule has 0 bridgehead atoms. The maximum atomic E-state index is 11.7. The number of carbonyl (C=O) groups excluding carboxylic acids is 1. The number of hydrogen-bond acceptors (Lipinski definition) is 3. The number of amides is 1. The molecule has 0 aromatic rings. The molecule has 0 aromatic carbocycles. The Labute approximate surface area is 92.3 Å². The van der Waals surface area contributed by atoms with Crippen molar-refractivity contribution in [1.82, 2.24) is 5.32 Å². The first-order valence-electron chi connectivity index (χ1n) is 4.92. The highest BCUT2D eigenvalue weighted by Gasteiger charge is 2.27. The van der Waals surface area contributed by atoms with Crippen LogP contribution < -0.4 is 11.1 Å². The molecule has 0 saturated carbocycles. The van der Waals surface area contributed by atoms with Gasteiger partial charge in [0.15, 0.2) is 0 Å². The summed E-state index contributed by atoms with van der Waals surface area (Å²) < 4.78 is 39.5. The van der Waals surface area contributed by atoms with Crippen LogP contribution in [0.3, 0.4) is 0 Å². The molecule has 0 fully saturated rings. The van der Waals surface area contributed by atoms with Gasteiger partial charge >= 0.3 is 6.18 Å². The lowest BCUT2D eigenvalue weighted by molar-refractivity contribution is -0.174. The highest BCUT2D eigenvalue weighted by atomic mass is 19.4. The van der Waals surface area contributed by atoms with Gasteiger partial charge < -0.3 is 15.8 Å². The fourth-order valence-electron chi connectivity index (χ4n) is 1.10. The summed E-state index contributed by atoms with van der Waals surface area (Å²) in [7, 11) is 0. The molecule has 0 aliphatic heterocycles. The quantitative estimate of drug-likeness (QED) is 0.649. The van der Waals surface area contributed by atoms with Gasteiger partial charge in [-0.15, -0.1) is 0 Å².